The fourth-order valence-corrected chi connectivity index (χ4v) is 4.46. The van der Waals surface area contributed by atoms with E-state index in [1.807, 2.05) is 6.92 Å². The highest BCUT2D eigenvalue weighted by atomic mass is 16.5. The largest absolute Gasteiger partial charge is 0.339 e. The molecule has 2 saturated heterocycles. The summed E-state index contributed by atoms with van der Waals surface area (Å²) in [5, 5.41) is 6.87. The summed E-state index contributed by atoms with van der Waals surface area (Å²) in [6.45, 7) is 5.95. The lowest BCUT2D eigenvalue weighted by Gasteiger charge is -2.35. The molecule has 1 N–H and O–H groups in total. The number of likely N-dealkylation sites (tertiary alicyclic amines) is 1. The molecule has 1 saturated carbocycles. The predicted molar refractivity (Wildman–Crippen MR) is 93.2 cm³/mol. The van der Waals surface area contributed by atoms with Crippen molar-refractivity contribution in [3.8, 4) is 0 Å². The Labute approximate surface area is 153 Å². The molecule has 2 aliphatic heterocycles. The zero-order valence-electron chi connectivity index (χ0n) is 15.5. The van der Waals surface area contributed by atoms with E-state index in [1.165, 1.54) is 4.90 Å². The molecule has 1 atom stereocenters. The molecule has 4 rings (SSSR count). The molecule has 0 aromatic carbocycles. The maximum absolute atomic E-state index is 13.0. The number of urea groups is 1. The molecule has 8 heteroatoms. The van der Waals surface area contributed by atoms with Gasteiger partial charge in [0.05, 0.1) is 12.6 Å². The van der Waals surface area contributed by atoms with E-state index in [1.54, 1.807) is 0 Å². The second-order valence-corrected chi connectivity index (χ2v) is 8.17. The van der Waals surface area contributed by atoms with Gasteiger partial charge in [-0.1, -0.05) is 12.1 Å². The number of aromatic nitrogens is 2. The zero-order valence-corrected chi connectivity index (χ0v) is 15.5. The molecule has 8 nitrogen and oxygen atoms in total. The second kappa shape index (κ2) is 6.64. The number of carbonyl (C=O) groups excluding carboxylic acids is 2. The first kappa shape index (κ1) is 17.5. The van der Waals surface area contributed by atoms with Crippen LogP contribution in [0.4, 0.5) is 4.79 Å². The van der Waals surface area contributed by atoms with E-state index in [2.05, 4.69) is 27.3 Å². The summed E-state index contributed by atoms with van der Waals surface area (Å²) < 4.78 is 5.32. The summed E-state index contributed by atoms with van der Waals surface area (Å²) in [6, 6.07) is -0.250. The van der Waals surface area contributed by atoms with E-state index >= 15 is 0 Å². The Bertz CT molecular complexity index is 695. The summed E-state index contributed by atoms with van der Waals surface area (Å²) >= 11 is 0. The molecule has 1 aliphatic carbocycles. The van der Waals surface area contributed by atoms with Gasteiger partial charge in [-0.25, -0.2) is 9.69 Å². The van der Waals surface area contributed by atoms with Crippen molar-refractivity contribution >= 4 is 11.9 Å². The summed E-state index contributed by atoms with van der Waals surface area (Å²) in [7, 11) is 0. The van der Waals surface area contributed by atoms with Crippen molar-refractivity contribution in [2.75, 3.05) is 19.8 Å². The summed E-state index contributed by atoms with van der Waals surface area (Å²) in [5.74, 6) is 2.03. The van der Waals surface area contributed by atoms with Gasteiger partial charge in [0.1, 0.15) is 5.54 Å². The van der Waals surface area contributed by atoms with Gasteiger partial charge >= 0.3 is 6.03 Å². The lowest BCUT2D eigenvalue weighted by molar-refractivity contribution is -0.134. The van der Waals surface area contributed by atoms with Crippen molar-refractivity contribution in [1.29, 1.82) is 0 Å². The molecule has 3 aliphatic rings. The lowest BCUT2D eigenvalue weighted by Crippen LogP contribution is -2.50. The third-order valence-electron chi connectivity index (χ3n) is 6.11. The predicted octanol–water partition coefficient (Wildman–Crippen LogP) is 2.02. The molecular formula is C18H27N5O3. The molecule has 3 amide bonds. The van der Waals surface area contributed by atoms with Crippen LogP contribution in [0.3, 0.4) is 0 Å². The minimum absolute atomic E-state index is 0.0508. The Balaban J connectivity index is 1.42. The number of amides is 3. The number of nitrogens with zero attached hydrogens (tertiary/aromatic N) is 4. The molecule has 1 aromatic heterocycles. The molecule has 142 valence electrons. The third-order valence-corrected chi connectivity index (χ3v) is 6.11. The highest BCUT2D eigenvalue weighted by Crippen LogP contribution is 2.36. The minimum atomic E-state index is -0.664. The summed E-state index contributed by atoms with van der Waals surface area (Å²) in [5.41, 5.74) is -0.664. The van der Waals surface area contributed by atoms with E-state index in [9.17, 15) is 9.59 Å². The topological polar surface area (TPSA) is 91.6 Å². The number of aryl methyl sites for hydroxylation is 1. The van der Waals surface area contributed by atoms with Gasteiger partial charge in [-0.2, -0.15) is 4.98 Å². The van der Waals surface area contributed by atoms with Gasteiger partial charge in [-0.15, -0.1) is 0 Å². The number of hydrogen-bond acceptors (Lipinski definition) is 6. The monoisotopic (exact) mass is 361 g/mol. The maximum atomic E-state index is 13.0. The fraction of sp³-hybridized carbons (Fsp3) is 0.778. The Kier molecular flexibility index (Phi) is 4.46. The van der Waals surface area contributed by atoms with E-state index in [0.29, 0.717) is 24.3 Å². The molecule has 1 unspecified atom stereocenters. The molecule has 1 aromatic rings. The Morgan fingerprint density at radius 3 is 2.73 bits per heavy atom. The number of piperidine rings is 1. The minimum Gasteiger partial charge on any atom is -0.339 e. The van der Waals surface area contributed by atoms with Crippen LogP contribution in [0.1, 0.15) is 63.1 Å². The number of hydrogen-bond donors (Lipinski definition) is 1. The molecular weight excluding hydrogens is 334 g/mol. The molecule has 3 heterocycles. The van der Waals surface area contributed by atoms with Crippen LogP contribution in [0.15, 0.2) is 4.52 Å². The molecule has 26 heavy (non-hydrogen) atoms. The zero-order chi connectivity index (χ0) is 18.3. The van der Waals surface area contributed by atoms with Gasteiger partial charge in [-0.05, 0) is 57.9 Å². The first-order valence-corrected chi connectivity index (χ1v) is 9.63. The first-order chi connectivity index (χ1) is 12.5. The molecule has 1 spiro atoms. The SMILES string of the molecule is Cc1noc(C2CCCN(CN3C(=O)NC4(CCC(C)CC4)C3=O)C2)n1. The van der Waals surface area contributed by atoms with Crippen molar-refractivity contribution < 1.29 is 14.1 Å². The summed E-state index contributed by atoms with van der Waals surface area (Å²) in [6.07, 6.45) is 5.45. The van der Waals surface area contributed by atoms with Crippen LogP contribution in [0.5, 0.6) is 0 Å². The highest BCUT2D eigenvalue weighted by Gasteiger charge is 2.52. The number of imide groups is 1. The van der Waals surface area contributed by atoms with E-state index in [-0.39, 0.29) is 17.9 Å². The van der Waals surface area contributed by atoms with Crippen molar-refractivity contribution in [2.45, 2.75) is 63.8 Å². The van der Waals surface area contributed by atoms with Crippen LogP contribution in [-0.2, 0) is 4.79 Å². The quantitative estimate of drug-likeness (QED) is 0.828. The number of nitrogens with one attached hydrogen (secondary N) is 1. The van der Waals surface area contributed by atoms with Crippen LogP contribution >= 0.6 is 0 Å². The normalized spacial score (nSPS) is 33.1. The van der Waals surface area contributed by atoms with Crippen LogP contribution < -0.4 is 5.32 Å². The fourth-order valence-electron chi connectivity index (χ4n) is 4.46. The van der Waals surface area contributed by atoms with Crippen molar-refractivity contribution in [3.05, 3.63) is 11.7 Å². The standard InChI is InChI=1S/C18H27N5O3/c1-12-5-7-18(8-6-12)16(24)23(17(25)20-18)11-22-9-3-4-14(10-22)15-19-13(2)21-26-15/h12,14H,3-11H2,1-2H3,(H,20,25). The lowest BCUT2D eigenvalue weighted by atomic mass is 9.77. The van der Waals surface area contributed by atoms with Gasteiger partial charge in [-0.3, -0.25) is 9.69 Å². The molecule has 0 radical (unpaired) electrons. The molecule has 3 fully saturated rings. The van der Waals surface area contributed by atoms with Gasteiger partial charge in [0.15, 0.2) is 5.82 Å². The Morgan fingerprint density at radius 2 is 2.04 bits per heavy atom. The van der Waals surface area contributed by atoms with Gasteiger partial charge in [0.25, 0.3) is 5.91 Å². The highest BCUT2D eigenvalue weighted by molar-refractivity contribution is 6.07. The number of carbonyl (C=O) groups is 2. The second-order valence-electron chi connectivity index (χ2n) is 8.17. The smallest absolute Gasteiger partial charge is 0.326 e. The van der Waals surface area contributed by atoms with E-state index in [4.69, 9.17) is 4.52 Å². The van der Waals surface area contributed by atoms with Gasteiger partial charge in [0.2, 0.25) is 5.89 Å². The third kappa shape index (κ3) is 3.11. The van der Waals surface area contributed by atoms with Crippen molar-refractivity contribution in [1.82, 2.24) is 25.3 Å². The first-order valence-electron chi connectivity index (χ1n) is 9.63. The van der Waals surface area contributed by atoms with Crippen LogP contribution in [-0.4, -0.2) is 57.2 Å². The average molecular weight is 361 g/mol. The van der Waals surface area contributed by atoms with Crippen molar-refractivity contribution in [3.63, 3.8) is 0 Å². The summed E-state index contributed by atoms with van der Waals surface area (Å²) in [4.78, 5) is 33.4. The van der Waals surface area contributed by atoms with Crippen LogP contribution in [0.2, 0.25) is 0 Å². The Morgan fingerprint density at radius 1 is 1.27 bits per heavy atom. The maximum Gasteiger partial charge on any atom is 0.326 e. The van der Waals surface area contributed by atoms with Crippen LogP contribution in [0, 0.1) is 12.8 Å². The van der Waals surface area contributed by atoms with Crippen LogP contribution in [0.25, 0.3) is 0 Å². The van der Waals surface area contributed by atoms with Crippen molar-refractivity contribution in [2.24, 2.45) is 5.92 Å². The number of rotatable bonds is 3. The Hall–Kier alpha value is -1.96. The van der Waals surface area contributed by atoms with E-state index < -0.39 is 5.54 Å². The van der Waals surface area contributed by atoms with E-state index in [0.717, 1.165) is 51.6 Å². The molecule has 0 bridgehead atoms. The van der Waals surface area contributed by atoms with Gasteiger partial charge < -0.3 is 9.84 Å². The average Bonchev–Trinajstić information content (AvgIpc) is 3.16. The van der Waals surface area contributed by atoms with Gasteiger partial charge in [0, 0.05) is 6.54 Å².